The number of halogens is 1. The lowest BCUT2D eigenvalue weighted by atomic mass is 9.96. The first-order valence-corrected chi connectivity index (χ1v) is 7.13. The van der Waals surface area contributed by atoms with Crippen molar-refractivity contribution in [3.05, 3.63) is 34.3 Å². The first kappa shape index (κ1) is 13.1. The van der Waals surface area contributed by atoms with E-state index < -0.39 is 0 Å². The molecule has 1 fully saturated rings. The lowest BCUT2D eigenvalue weighted by Crippen LogP contribution is -2.42. The van der Waals surface area contributed by atoms with E-state index in [0.717, 1.165) is 13.0 Å². The number of rotatable bonds is 4. The average molecular weight is 298 g/mol. The summed E-state index contributed by atoms with van der Waals surface area (Å²) in [5.41, 5.74) is 1.35. The van der Waals surface area contributed by atoms with Crippen molar-refractivity contribution in [3.8, 4) is 0 Å². The number of ether oxygens (including phenoxy) is 1. The summed E-state index contributed by atoms with van der Waals surface area (Å²) in [6, 6.07) is 8.84. The molecule has 0 aromatic heterocycles. The smallest absolute Gasteiger partial charge is 0.0731 e. The van der Waals surface area contributed by atoms with Gasteiger partial charge in [-0.15, -0.1) is 0 Å². The third-order valence-electron chi connectivity index (χ3n) is 3.43. The zero-order valence-electron chi connectivity index (χ0n) is 10.3. The highest BCUT2D eigenvalue weighted by Crippen LogP contribution is 2.22. The van der Waals surface area contributed by atoms with Gasteiger partial charge in [-0.1, -0.05) is 34.1 Å². The van der Waals surface area contributed by atoms with Gasteiger partial charge in [0.2, 0.25) is 0 Å². The van der Waals surface area contributed by atoms with Crippen LogP contribution in [0.1, 0.15) is 24.8 Å². The molecule has 0 amide bonds. The quantitative estimate of drug-likeness (QED) is 0.922. The summed E-state index contributed by atoms with van der Waals surface area (Å²) in [6.45, 7) is 0.915. The Morgan fingerprint density at radius 3 is 2.88 bits per heavy atom. The van der Waals surface area contributed by atoms with Crippen molar-refractivity contribution in [3.63, 3.8) is 0 Å². The minimum atomic E-state index is 0.362. The molecule has 94 valence electrons. The van der Waals surface area contributed by atoms with Crippen molar-refractivity contribution in [2.75, 3.05) is 13.7 Å². The molecule has 1 aliphatic heterocycles. The number of benzene rings is 1. The van der Waals surface area contributed by atoms with E-state index >= 15 is 0 Å². The van der Waals surface area contributed by atoms with Crippen LogP contribution in [0, 0.1) is 0 Å². The van der Waals surface area contributed by atoms with Crippen molar-refractivity contribution in [2.45, 2.75) is 37.8 Å². The second-order valence-electron chi connectivity index (χ2n) is 4.60. The molecule has 1 saturated heterocycles. The van der Waals surface area contributed by atoms with E-state index in [0.29, 0.717) is 12.1 Å². The van der Waals surface area contributed by atoms with E-state index in [1.807, 2.05) is 7.05 Å². The third kappa shape index (κ3) is 3.54. The SMILES string of the molecule is CNC(Cc1ccccc1Br)C1CCCCO1. The molecule has 2 unspecified atom stereocenters. The average Bonchev–Trinajstić information content (AvgIpc) is 2.39. The van der Waals surface area contributed by atoms with Gasteiger partial charge in [-0.05, 0) is 44.4 Å². The maximum Gasteiger partial charge on any atom is 0.0731 e. The van der Waals surface area contributed by atoms with E-state index in [1.165, 1.54) is 29.3 Å². The van der Waals surface area contributed by atoms with Crippen LogP contribution < -0.4 is 5.32 Å². The molecule has 2 nitrogen and oxygen atoms in total. The lowest BCUT2D eigenvalue weighted by Gasteiger charge is -2.30. The van der Waals surface area contributed by atoms with Gasteiger partial charge in [0.15, 0.2) is 0 Å². The topological polar surface area (TPSA) is 21.3 Å². The van der Waals surface area contributed by atoms with Gasteiger partial charge in [0.05, 0.1) is 6.10 Å². The van der Waals surface area contributed by atoms with E-state index in [9.17, 15) is 0 Å². The summed E-state index contributed by atoms with van der Waals surface area (Å²) < 4.78 is 7.06. The number of hydrogen-bond acceptors (Lipinski definition) is 2. The van der Waals surface area contributed by atoms with Crippen LogP contribution in [-0.2, 0) is 11.2 Å². The van der Waals surface area contributed by atoms with Gasteiger partial charge in [0.1, 0.15) is 0 Å². The Labute approximate surface area is 112 Å². The summed E-state index contributed by atoms with van der Waals surface area (Å²) in [5.74, 6) is 0. The molecule has 1 aromatic carbocycles. The third-order valence-corrected chi connectivity index (χ3v) is 4.21. The molecule has 1 heterocycles. The van der Waals surface area contributed by atoms with Crippen molar-refractivity contribution in [1.29, 1.82) is 0 Å². The van der Waals surface area contributed by atoms with Crippen LogP contribution in [0.4, 0.5) is 0 Å². The van der Waals surface area contributed by atoms with Crippen LogP contribution in [-0.4, -0.2) is 25.8 Å². The molecule has 3 heteroatoms. The molecule has 1 aromatic rings. The predicted octanol–water partition coefficient (Wildman–Crippen LogP) is 3.15. The minimum Gasteiger partial charge on any atom is -0.377 e. The van der Waals surface area contributed by atoms with Gasteiger partial charge in [0.25, 0.3) is 0 Å². The number of hydrogen-bond donors (Lipinski definition) is 1. The molecule has 2 rings (SSSR count). The first-order chi connectivity index (χ1) is 8.31. The fourth-order valence-electron chi connectivity index (χ4n) is 2.40. The van der Waals surface area contributed by atoms with Crippen LogP contribution in [0.2, 0.25) is 0 Å². The molecular weight excluding hydrogens is 278 g/mol. The van der Waals surface area contributed by atoms with E-state index in [1.54, 1.807) is 0 Å². The van der Waals surface area contributed by atoms with Gasteiger partial charge in [-0.2, -0.15) is 0 Å². The Hall–Kier alpha value is -0.380. The molecule has 0 saturated carbocycles. The first-order valence-electron chi connectivity index (χ1n) is 6.33. The van der Waals surface area contributed by atoms with Crippen molar-refractivity contribution >= 4 is 15.9 Å². The van der Waals surface area contributed by atoms with Gasteiger partial charge < -0.3 is 10.1 Å². The molecule has 2 atom stereocenters. The standard InChI is InChI=1S/C14H20BrNO/c1-16-13(14-8-4-5-9-17-14)10-11-6-2-3-7-12(11)15/h2-3,6-7,13-14,16H,4-5,8-10H2,1H3. The van der Waals surface area contributed by atoms with Gasteiger partial charge in [-0.3, -0.25) is 0 Å². The largest absolute Gasteiger partial charge is 0.377 e. The summed E-state index contributed by atoms with van der Waals surface area (Å²) in [6.07, 6.45) is 5.06. The molecule has 0 bridgehead atoms. The molecule has 0 aliphatic carbocycles. The summed E-state index contributed by atoms with van der Waals surface area (Å²) >= 11 is 3.61. The van der Waals surface area contributed by atoms with Crippen LogP contribution >= 0.6 is 15.9 Å². The van der Waals surface area contributed by atoms with E-state index in [-0.39, 0.29) is 0 Å². The summed E-state index contributed by atoms with van der Waals surface area (Å²) in [5, 5.41) is 3.40. The Morgan fingerprint density at radius 2 is 2.24 bits per heavy atom. The Morgan fingerprint density at radius 1 is 1.41 bits per heavy atom. The molecule has 17 heavy (non-hydrogen) atoms. The molecular formula is C14H20BrNO. The lowest BCUT2D eigenvalue weighted by molar-refractivity contribution is -0.00590. The highest BCUT2D eigenvalue weighted by Gasteiger charge is 2.23. The van der Waals surface area contributed by atoms with Crippen LogP contribution in [0.15, 0.2) is 28.7 Å². The fraction of sp³-hybridized carbons (Fsp3) is 0.571. The maximum absolute atomic E-state index is 5.87. The Balaban J connectivity index is 2.01. The minimum absolute atomic E-state index is 0.362. The zero-order chi connectivity index (χ0) is 12.1. The van der Waals surface area contributed by atoms with E-state index in [2.05, 4.69) is 45.5 Å². The van der Waals surface area contributed by atoms with Crippen LogP contribution in [0.3, 0.4) is 0 Å². The maximum atomic E-state index is 5.87. The summed E-state index contributed by atoms with van der Waals surface area (Å²) in [4.78, 5) is 0. The van der Waals surface area contributed by atoms with E-state index in [4.69, 9.17) is 4.74 Å². The van der Waals surface area contributed by atoms with Crippen LogP contribution in [0.25, 0.3) is 0 Å². The summed E-state index contributed by atoms with van der Waals surface area (Å²) in [7, 11) is 2.03. The second-order valence-corrected chi connectivity index (χ2v) is 5.45. The van der Waals surface area contributed by atoms with Gasteiger partial charge in [-0.25, -0.2) is 0 Å². The molecule has 0 spiro atoms. The Bertz CT molecular complexity index is 350. The van der Waals surface area contributed by atoms with Gasteiger partial charge in [0, 0.05) is 17.1 Å². The van der Waals surface area contributed by atoms with Crippen molar-refractivity contribution in [1.82, 2.24) is 5.32 Å². The molecule has 1 N–H and O–H groups in total. The molecule has 1 aliphatic rings. The zero-order valence-corrected chi connectivity index (χ0v) is 11.9. The highest BCUT2D eigenvalue weighted by atomic mass is 79.9. The highest BCUT2D eigenvalue weighted by molar-refractivity contribution is 9.10. The van der Waals surface area contributed by atoms with Crippen molar-refractivity contribution in [2.24, 2.45) is 0 Å². The molecule has 0 radical (unpaired) electrons. The monoisotopic (exact) mass is 297 g/mol. The normalized spacial score (nSPS) is 22.4. The Kier molecular flexibility index (Phi) is 5.01. The predicted molar refractivity (Wildman–Crippen MR) is 74.3 cm³/mol. The van der Waals surface area contributed by atoms with Crippen molar-refractivity contribution < 1.29 is 4.74 Å². The number of nitrogens with one attached hydrogen (secondary N) is 1. The second kappa shape index (κ2) is 6.53. The van der Waals surface area contributed by atoms with Crippen LogP contribution in [0.5, 0.6) is 0 Å². The number of likely N-dealkylation sites (N-methyl/N-ethyl adjacent to an activating group) is 1. The van der Waals surface area contributed by atoms with Gasteiger partial charge >= 0.3 is 0 Å². The fourth-order valence-corrected chi connectivity index (χ4v) is 2.85.